The van der Waals surface area contributed by atoms with E-state index in [9.17, 15) is 58.2 Å². The van der Waals surface area contributed by atoms with E-state index in [2.05, 4.69) is 26.3 Å². The zero-order chi connectivity index (χ0) is 64.1. The minimum atomic E-state index is -1.55. The molecule has 1 saturated heterocycles. The van der Waals surface area contributed by atoms with Gasteiger partial charge in [-0.1, -0.05) is 67.2 Å². The maximum absolute atomic E-state index is 14.2. The van der Waals surface area contributed by atoms with Crippen LogP contribution in [-0.4, -0.2) is 206 Å². The number of aliphatic carboxylic acids is 3. The number of carboxylic acids is 3. The Morgan fingerprint density at radius 3 is 1.80 bits per heavy atom. The van der Waals surface area contributed by atoms with Crippen molar-refractivity contribution in [3.63, 3.8) is 0 Å². The SMILES string of the molecule is NC(=O)CN1CCN(CC(N)=O)CCN(CC(N)=O)C(Cc2ccc(NC(=S)CCCCCC(=O)NCc3ccc(C(=O)N(CCCC[C@H](NC(=O)N[C@@H](CCC(=O)O)C(=O)O)C(=O)O)Cc4nccc5ccccc45)cc3)cc2)CN(CC(N)=O)CC1. The minimum Gasteiger partial charge on any atom is -0.481 e. The number of aromatic nitrogens is 1. The first kappa shape index (κ1) is 70.1. The number of urea groups is 1. The third kappa shape index (κ3) is 25.7. The van der Waals surface area contributed by atoms with E-state index in [4.69, 9.17) is 40.3 Å². The lowest BCUT2D eigenvalue weighted by Crippen LogP contribution is -2.54. The van der Waals surface area contributed by atoms with Gasteiger partial charge in [-0.05, 0) is 98.2 Å². The Kier molecular flexibility index (Phi) is 29.0. The number of carboxylic acid groups (broad SMARTS) is 3. The molecule has 0 spiro atoms. The molecule has 88 heavy (non-hydrogen) atoms. The van der Waals surface area contributed by atoms with E-state index in [1.165, 1.54) is 0 Å². The summed E-state index contributed by atoms with van der Waals surface area (Å²) in [5.74, 6) is -6.67. The fourth-order valence-electron chi connectivity index (χ4n) is 10.2. The van der Waals surface area contributed by atoms with Crippen molar-refractivity contribution in [1.29, 1.82) is 0 Å². The molecule has 8 amide bonds. The Balaban J connectivity index is 1.09. The van der Waals surface area contributed by atoms with Crippen molar-refractivity contribution in [1.82, 2.24) is 45.4 Å². The largest absolute Gasteiger partial charge is 0.481 e. The third-order valence-electron chi connectivity index (χ3n) is 14.8. The molecule has 0 radical (unpaired) electrons. The molecule has 0 aliphatic carbocycles. The van der Waals surface area contributed by atoms with Crippen LogP contribution in [0.15, 0.2) is 85.1 Å². The number of carbonyl (C=O) groups is 10. The second kappa shape index (κ2) is 36.4. The van der Waals surface area contributed by atoms with Gasteiger partial charge in [-0.15, -0.1) is 0 Å². The van der Waals surface area contributed by atoms with Gasteiger partial charge in [0, 0.05) is 101 Å². The van der Waals surface area contributed by atoms with Crippen molar-refractivity contribution < 1.29 is 63.3 Å². The normalized spacial score (nSPS) is 15.3. The number of rotatable bonds is 34. The molecule has 5 rings (SSSR count). The van der Waals surface area contributed by atoms with E-state index in [-0.39, 0.29) is 76.5 Å². The lowest BCUT2D eigenvalue weighted by molar-refractivity contribution is -0.141. The van der Waals surface area contributed by atoms with Gasteiger partial charge < -0.3 is 64.4 Å². The zero-order valence-corrected chi connectivity index (χ0v) is 50.1. The summed E-state index contributed by atoms with van der Waals surface area (Å²) in [6, 6.07) is 19.7. The number of fused-ring (bicyclic) bond motifs is 1. The summed E-state index contributed by atoms with van der Waals surface area (Å²) in [7, 11) is 0. The van der Waals surface area contributed by atoms with Crippen molar-refractivity contribution in [2.24, 2.45) is 22.9 Å². The third-order valence-corrected chi connectivity index (χ3v) is 15.1. The van der Waals surface area contributed by atoms with Crippen LogP contribution in [0.3, 0.4) is 0 Å². The molecule has 3 aromatic carbocycles. The fraction of sp³-hybridized carbons (Fsp3) is 0.467. The van der Waals surface area contributed by atoms with E-state index < -0.39 is 72.5 Å². The van der Waals surface area contributed by atoms with Gasteiger partial charge in [0.05, 0.1) is 43.4 Å². The van der Waals surface area contributed by atoms with E-state index in [1.807, 2.05) is 74.2 Å². The van der Waals surface area contributed by atoms with E-state index in [0.717, 1.165) is 40.4 Å². The van der Waals surface area contributed by atoms with Crippen LogP contribution in [0.25, 0.3) is 10.8 Å². The van der Waals surface area contributed by atoms with Gasteiger partial charge >= 0.3 is 23.9 Å². The summed E-state index contributed by atoms with van der Waals surface area (Å²) < 4.78 is 0. The van der Waals surface area contributed by atoms with Crippen LogP contribution in [0.4, 0.5) is 10.5 Å². The van der Waals surface area contributed by atoms with Gasteiger partial charge in [0.1, 0.15) is 12.1 Å². The van der Waals surface area contributed by atoms with Gasteiger partial charge in [0.15, 0.2) is 0 Å². The van der Waals surface area contributed by atoms with Crippen LogP contribution in [0, 0.1) is 0 Å². The fourth-order valence-corrected chi connectivity index (χ4v) is 10.5. The number of anilines is 1. The number of nitrogens with one attached hydrogen (secondary N) is 4. The summed E-state index contributed by atoms with van der Waals surface area (Å²) >= 11 is 5.67. The van der Waals surface area contributed by atoms with Crippen LogP contribution in [0.1, 0.15) is 91.4 Å². The highest BCUT2D eigenvalue weighted by Gasteiger charge is 2.29. The highest BCUT2D eigenvalue weighted by atomic mass is 32.1. The van der Waals surface area contributed by atoms with Crippen LogP contribution in [-0.2, 0) is 57.9 Å². The number of carbonyl (C=O) groups excluding carboxylic acids is 7. The number of amides is 8. The molecule has 2 heterocycles. The number of hydrogen-bond acceptors (Lipinski definition) is 16. The maximum Gasteiger partial charge on any atom is 0.326 e. The average Bonchev–Trinajstić information content (AvgIpc) is 3.07. The molecule has 3 atom stereocenters. The summed E-state index contributed by atoms with van der Waals surface area (Å²) in [4.78, 5) is 137. The predicted octanol–water partition coefficient (Wildman–Crippen LogP) is 1.20. The van der Waals surface area contributed by atoms with Gasteiger partial charge in [0.25, 0.3) is 5.91 Å². The highest BCUT2D eigenvalue weighted by Crippen LogP contribution is 2.21. The molecule has 0 saturated carbocycles. The van der Waals surface area contributed by atoms with Crippen LogP contribution < -0.4 is 44.2 Å². The summed E-state index contributed by atoms with van der Waals surface area (Å²) in [6.45, 7) is 2.94. The number of thiocarbonyl (C=S) groups is 1. The zero-order valence-electron chi connectivity index (χ0n) is 49.3. The lowest BCUT2D eigenvalue weighted by Gasteiger charge is -2.38. The molecular weight excluding hydrogens is 1160 g/mol. The van der Waals surface area contributed by atoms with Crippen molar-refractivity contribution in [3.8, 4) is 0 Å². The van der Waals surface area contributed by atoms with Gasteiger partial charge in [-0.3, -0.25) is 58.1 Å². The molecule has 1 unspecified atom stereocenters. The van der Waals surface area contributed by atoms with Crippen LogP contribution in [0.5, 0.6) is 0 Å². The molecular formula is C60H82N14O13S. The summed E-state index contributed by atoms with van der Waals surface area (Å²) in [5, 5.41) is 40.5. The van der Waals surface area contributed by atoms with Crippen molar-refractivity contribution >= 4 is 93.0 Å². The summed E-state index contributed by atoms with van der Waals surface area (Å²) in [6.07, 6.45) is 4.70. The van der Waals surface area contributed by atoms with Crippen molar-refractivity contribution in [2.75, 3.05) is 83.9 Å². The molecule has 28 heteroatoms. The molecule has 0 bridgehead atoms. The van der Waals surface area contributed by atoms with Crippen LogP contribution in [0.2, 0.25) is 0 Å². The van der Waals surface area contributed by atoms with Crippen LogP contribution >= 0.6 is 12.2 Å². The molecule has 1 aliphatic heterocycles. The summed E-state index contributed by atoms with van der Waals surface area (Å²) in [5.41, 5.74) is 26.1. The first-order valence-corrected chi connectivity index (χ1v) is 29.6. The molecule has 476 valence electrons. The standard InChI is InChI=1S/C60H82N14O13S/c61-50(75)36-70-26-27-71(37-51(62)76)30-31-73(39-53(64)78)45(34-72(29-28-70)38-52(63)77)32-40-15-19-44(20-16-40)67-55(88)12-3-1-2-11-54(79)66-33-41-13-17-43(18-14-41)57(82)74(35-49-46-9-5-4-8-42(46)23-24-65-49)25-7-6-10-47(58(83)84)68-60(87)69-48(59(85)86)21-22-56(80)81/h4-5,8-9,13-20,23-24,45,47-48H,1-3,6-7,10-12,21-22,25-39H2,(H2,61,75)(H2,62,76)(H2,63,77)(H2,64,78)(H,66,79)(H,67,88)(H,80,81)(H,83,84)(H,85,86)(H2,68,69,87)/t45?,47-,48-/m0/s1. The van der Waals surface area contributed by atoms with Gasteiger partial charge in [0.2, 0.25) is 29.5 Å². The number of nitrogens with zero attached hydrogens (tertiary/aromatic N) is 6. The molecule has 15 N–H and O–H groups in total. The Labute approximate surface area is 515 Å². The number of primary amides is 4. The molecule has 1 aliphatic rings. The second-order valence-electron chi connectivity index (χ2n) is 21.8. The number of nitrogens with two attached hydrogens (primary N) is 4. The number of hydrogen-bond donors (Lipinski definition) is 11. The number of benzene rings is 3. The van der Waals surface area contributed by atoms with Crippen molar-refractivity contribution in [3.05, 3.63) is 107 Å². The number of unbranched alkanes of at least 4 members (excludes halogenated alkanes) is 3. The lowest BCUT2D eigenvalue weighted by atomic mass is 10.0. The topological polar surface area (TPSA) is 413 Å². The predicted molar refractivity (Wildman–Crippen MR) is 331 cm³/mol. The molecule has 4 aromatic rings. The number of pyridine rings is 1. The Bertz CT molecular complexity index is 3040. The average molecular weight is 1240 g/mol. The Hall–Kier alpha value is -8.70. The maximum atomic E-state index is 14.2. The quantitative estimate of drug-likeness (QED) is 0.0231. The van der Waals surface area contributed by atoms with Crippen molar-refractivity contribution in [2.45, 2.75) is 102 Å². The molecule has 27 nitrogen and oxygen atoms in total. The van der Waals surface area contributed by atoms with E-state index >= 15 is 0 Å². The Morgan fingerprint density at radius 2 is 1.18 bits per heavy atom. The van der Waals surface area contributed by atoms with Gasteiger partial charge in [-0.25, -0.2) is 14.4 Å². The monoisotopic (exact) mass is 1240 g/mol. The smallest absolute Gasteiger partial charge is 0.326 e. The minimum absolute atomic E-state index is 0.0210. The highest BCUT2D eigenvalue weighted by molar-refractivity contribution is 7.80. The molecule has 1 fully saturated rings. The van der Waals surface area contributed by atoms with Gasteiger partial charge in [-0.2, -0.15) is 0 Å². The first-order chi connectivity index (χ1) is 42.0. The van der Waals surface area contributed by atoms with E-state index in [0.29, 0.717) is 94.2 Å². The molecule has 1 aromatic heterocycles. The second-order valence-corrected chi connectivity index (χ2v) is 22.3. The van der Waals surface area contributed by atoms with E-state index in [1.54, 1.807) is 35.4 Å². The first-order valence-electron chi connectivity index (χ1n) is 29.2. The Morgan fingerprint density at radius 1 is 0.614 bits per heavy atom.